The van der Waals surface area contributed by atoms with E-state index in [4.69, 9.17) is 4.74 Å². The number of aryl methyl sites for hydroxylation is 1. The highest BCUT2D eigenvalue weighted by molar-refractivity contribution is 5.92. The Labute approximate surface area is 111 Å². The molecule has 0 saturated carbocycles. The van der Waals surface area contributed by atoms with Crippen molar-refractivity contribution in [2.75, 3.05) is 11.9 Å². The molecule has 3 rings (SSSR count). The van der Waals surface area contributed by atoms with E-state index >= 15 is 0 Å². The van der Waals surface area contributed by atoms with Crippen LogP contribution in [0.1, 0.15) is 24.8 Å². The van der Waals surface area contributed by atoms with Crippen molar-refractivity contribution in [2.45, 2.75) is 31.8 Å². The smallest absolute Gasteiger partial charge is 0.261 e. The van der Waals surface area contributed by atoms with Gasteiger partial charge in [0.1, 0.15) is 5.75 Å². The number of nitrogens with one attached hydrogen (secondary N) is 2. The van der Waals surface area contributed by atoms with Crippen LogP contribution in [0.4, 0.5) is 5.69 Å². The molecule has 5 nitrogen and oxygen atoms in total. The first-order valence-electron chi connectivity index (χ1n) is 6.59. The second-order valence-corrected chi connectivity index (χ2v) is 4.91. The van der Waals surface area contributed by atoms with Gasteiger partial charge in [-0.3, -0.25) is 9.59 Å². The molecule has 2 N–H and O–H groups in total. The zero-order valence-corrected chi connectivity index (χ0v) is 10.6. The normalized spacial score (nSPS) is 22.2. The zero-order valence-electron chi connectivity index (χ0n) is 10.6. The maximum atomic E-state index is 11.5. The van der Waals surface area contributed by atoms with Crippen molar-refractivity contribution in [1.29, 1.82) is 0 Å². The molecule has 2 aliphatic rings. The van der Waals surface area contributed by atoms with Crippen molar-refractivity contribution in [3.8, 4) is 5.75 Å². The molecule has 1 atom stereocenters. The molecule has 0 aromatic heterocycles. The summed E-state index contributed by atoms with van der Waals surface area (Å²) < 4.78 is 5.70. The monoisotopic (exact) mass is 260 g/mol. The molecule has 1 unspecified atom stereocenters. The molecule has 19 heavy (non-hydrogen) atoms. The molecule has 1 aromatic rings. The van der Waals surface area contributed by atoms with E-state index in [0.29, 0.717) is 25.1 Å². The van der Waals surface area contributed by atoms with Gasteiger partial charge in [-0.05, 0) is 36.6 Å². The summed E-state index contributed by atoms with van der Waals surface area (Å²) in [5, 5.41) is 5.63. The van der Waals surface area contributed by atoms with E-state index < -0.39 is 6.10 Å². The average molecular weight is 260 g/mol. The number of anilines is 1. The summed E-state index contributed by atoms with van der Waals surface area (Å²) in [4.78, 5) is 22.9. The van der Waals surface area contributed by atoms with Gasteiger partial charge in [-0.2, -0.15) is 0 Å². The Bertz CT molecular complexity index is 527. The number of benzene rings is 1. The molecule has 2 amide bonds. The molecule has 1 saturated heterocycles. The largest absolute Gasteiger partial charge is 0.481 e. The fourth-order valence-electron chi connectivity index (χ4n) is 2.47. The van der Waals surface area contributed by atoms with E-state index in [9.17, 15) is 9.59 Å². The Hall–Kier alpha value is -2.04. The lowest BCUT2D eigenvalue weighted by atomic mass is 10.1. The minimum Gasteiger partial charge on any atom is -0.481 e. The van der Waals surface area contributed by atoms with E-state index in [2.05, 4.69) is 10.6 Å². The number of carbonyl (C=O) groups excluding carboxylic acids is 2. The first-order chi connectivity index (χ1) is 9.22. The summed E-state index contributed by atoms with van der Waals surface area (Å²) >= 11 is 0. The standard InChI is InChI=1S/C14H16N2O3/c17-13-3-1-2-9-8-10(4-5-11(9)16-13)19-12-6-7-15-14(12)18/h4-5,8,12H,1-3,6-7H2,(H,15,18)(H,16,17). The van der Waals surface area contributed by atoms with Gasteiger partial charge in [0.25, 0.3) is 5.91 Å². The highest BCUT2D eigenvalue weighted by atomic mass is 16.5. The number of ether oxygens (including phenoxy) is 1. The van der Waals surface area contributed by atoms with E-state index in [0.717, 1.165) is 24.1 Å². The molecule has 0 radical (unpaired) electrons. The maximum absolute atomic E-state index is 11.5. The van der Waals surface area contributed by atoms with Gasteiger partial charge in [0.2, 0.25) is 5.91 Å². The Morgan fingerprint density at radius 3 is 2.89 bits per heavy atom. The van der Waals surface area contributed by atoms with Gasteiger partial charge in [0.05, 0.1) is 0 Å². The SMILES string of the molecule is O=C1CCCc2cc(OC3CCNC3=O)ccc2N1. The maximum Gasteiger partial charge on any atom is 0.261 e. The van der Waals surface area contributed by atoms with Crippen molar-refractivity contribution >= 4 is 17.5 Å². The van der Waals surface area contributed by atoms with Crippen molar-refractivity contribution < 1.29 is 14.3 Å². The number of rotatable bonds is 2. The molecule has 0 aliphatic carbocycles. The minimum atomic E-state index is -0.390. The second-order valence-electron chi connectivity index (χ2n) is 4.91. The van der Waals surface area contributed by atoms with Crippen LogP contribution in [0.3, 0.4) is 0 Å². The van der Waals surface area contributed by atoms with Crippen molar-refractivity contribution in [2.24, 2.45) is 0 Å². The van der Waals surface area contributed by atoms with Crippen LogP contribution >= 0.6 is 0 Å². The summed E-state index contributed by atoms with van der Waals surface area (Å²) in [6.45, 7) is 0.671. The van der Waals surface area contributed by atoms with Crippen LogP contribution in [0.15, 0.2) is 18.2 Å². The summed E-state index contributed by atoms with van der Waals surface area (Å²) in [5.74, 6) is 0.697. The lowest BCUT2D eigenvalue weighted by molar-refractivity contribution is -0.125. The first kappa shape index (κ1) is 12.0. The number of hydrogen-bond donors (Lipinski definition) is 2. The third kappa shape index (κ3) is 2.54. The van der Waals surface area contributed by atoms with Crippen LogP contribution < -0.4 is 15.4 Å². The van der Waals surface area contributed by atoms with Gasteiger partial charge in [-0.25, -0.2) is 0 Å². The predicted molar refractivity (Wildman–Crippen MR) is 70.1 cm³/mol. The van der Waals surface area contributed by atoms with E-state index in [1.54, 1.807) is 6.07 Å². The van der Waals surface area contributed by atoms with E-state index in [1.807, 2.05) is 12.1 Å². The molecule has 2 aliphatic heterocycles. The lowest BCUT2D eigenvalue weighted by Crippen LogP contribution is -2.27. The van der Waals surface area contributed by atoms with Crippen LogP contribution in [0.25, 0.3) is 0 Å². The second kappa shape index (κ2) is 4.91. The number of carbonyl (C=O) groups is 2. The Kier molecular flexibility index (Phi) is 3.11. The Morgan fingerprint density at radius 1 is 1.21 bits per heavy atom. The van der Waals surface area contributed by atoms with Crippen molar-refractivity contribution in [3.05, 3.63) is 23.8 Å². The molecular weight excluding hydrogens is 244 g/mol. The number of fused-ring (bicyclic) bond motifs is 1. The highest BCUT2D eigenvalue weighted by Gasteiger charge is 2.26. The summed E-state index contributed by atoms with van der Waals surface area (Å²) in [6, 6.07) is 5.57. The molecule has 0 bridgehead atoms. The molecule has 5 heteroatoms. The number of hydrogen-bond acceptors (Lipinski definition) is 3. The molecular formula is C14H16N2O3. The van der Waals surface area contributed by atoms with E-state index in [1.165, 1.54) is 0 Å². The topological polar surface area (TPSA) is 67.4 Å². The molecule has 2 heterocycles. The molecule has 100 valence electrons. The van der Waals surface area contributed by atoms with Crippen LogP contribution in [-0.2, 0) is 16.0 Å². The van der Waals surface area contributed by atoms with Gasteiger partial charge in [-0.15, -0.1) is 0 Å². The lowest BCUT2D eigenvalue weighted by Gasteiger charge is -2.13. The van der Waals surface area contributed by atoms with Gasteiger partial charge in [-0.1, -0.05) is 0 Å². The average Bonchev–Trinajstić information content (AvgIpc) is 2.68. The van der Waals surface area contributed by atoms with Crippen molar-refractivity contribution in [3.63, 3.8) is 0 Å². The summed E-state index contributed by atoms with van der Waals surface area (Å²) in [5.41, 5.74) is 1.92. The van der Waals surface area contributed by atoms with E-state index in [-0.39, 0.29) is 11.8 Å². The van der Waals surface area contributed by atoms with Crippen LogP contribution in [-0.4, -0.2) is 24.5 Å². The molecule has 1 fully saturated rings. The minimum absolute atomic E-state index is 0.0526. The Balaban J connectivity index is 1.79. The third-order valence-electron chi connectivity index (χ3n) is 3.48. The van der Waals surface area contributed by atoms with Crippen LogP contribution in [0.2, 0.25) is 0 Å². The van der Waals surface area contributed by atoms with Gasteiger partial charge in [0.15, 0.2) is 6.10 Å². The van der Waals surface area contributed by atoms with Crippen LogP contribution in [0.5, 0.6) is 5.75 Å². The third-order valence-corrected chi connectivity index (χ3v) is 3.48. The Morgan fingerprint density at radius 2 is 2.11 bits per heavy atom. The van der Waals surface area contributed by atoms with Crippen LogP contribution in [0, 0.1) is 0 Å². The van der Waals surface area contributed by atoms with Gasteiger partial charge < -0.3 is 15.4 Å². The molecule has 0 spiro atoms. The summed E-state index contributed by atoms with van der Waals surface area (Å²) in [6.07, 6.45) is 2.55. The van der Waals surface area contributed by atoms with Crippen molar-refractivity contribution in [1.82, 2.24) is 5.32 Å². The predicted octanol–water partition coefficient (Wildman–Crippen LogP) is 1.23. The number of amides is 2. The summed E-state index contributed by atoms with van der Waals surface area (Å²) in [7, 11) is 0. The molecule has 1 aromatic carbocycles. The van der Waals surface area contributed by atoms with Gasteiger partial charge in [0, 0.05) is 25.1 Å². The fourth-order valence-corrected chi connectivity index (χ4v) is 2.47. The first-order valence-corrected chi connectivity index (χ1v) is 6.59. The quantitative estimate of drug-likeness (QED) is 0.840. The zero-order chi connectivity index (χ0) is 13.2. The fraction of sp³-hybridized carbons (Fsp3) is 0.429. The highest BCUT2D eigenvalue weighted by Crippen LogP contribution is 2.27. The van der Waals surface area contributed by atoms with Gasteiger partial charge >= 0.3 is 0 Å².